The standard InChI is InChI=1S/C16H12BrN3O/c1-20(10-12-6-7-16(17)21-12)15-8-11(9-18)19-14-5-3-2-4-13(14)15/h2-8H,10H2,1H3. The lowest BCUT2D eigenvalue weighted by atomic mass is 10.1. The lowest BCUT2D eigenvalue weighted by Crippen LogP contribution is -2.16. The van der Waals surface area contributed by atoms with Gasteiger partial charge in [-0.15, -0.1) is 0 Å². The number of halogens is 1. The molecule has 0 fully saturated rings. The van der Waals surface area contributed by atoms with E-state index in [2.05, 4.69) is 31.9 Å². The Bertz CT molecular complexity index is 835. The highest BCUT2D eigenvalue weighted by Gasteiger charge is 2.11. The maximum absolute atomic E-state index is 9.14. The van der Waals surface area contributed by atoms with Crippen LogP contribution < -0.4 is 4.90 Å². The molecule has 0 aliphatic heterocycles. The van der Waals surface area contributed by atoms with Gasteiger partial charge in [0.2, 0.25) is 0 Å². The van der Waals surface area contributed by atoms with Gasteiger partial charge in [0.25, 0.3) is 0 Å². The number of nitrogens with zero attached hydrogens (tertiary/aromatic N) is 3. The van der Waals surface area contributed by atoms with Crippen LogP contribution in [0.3, 0.4) is 0 Å². The van der Waals surface area contributed by atoms with Crippen molar-refractivity contribution in [1.29, 1.82) is 5.26 Å². The Kier molecular flexibility index (Phi) is 3.63. The molecular weight excluding hydrogens is 330 g/mol. The van der Waals surface area contributed by atoms with Gasteiger partial charge in [0.05, 0.1) is 12.1 Å². The summed E-state index contributed by atoms with van der Waals surface area (Å²) in [6.07, 6.45) is 0. The van der Waals surface area contributed by atoms with E-state index in [0.29, 0.717) is 16.9 Å². The van der Waals surface area contributed by atoms with E-state index in [-0.39, 0.29) is 0 Å². The van der Waals surface area contributed by atoms with Crippen molar-refractivity contribution in [1.82, 2.24) is 4.98 Å². The van der Waals surface area contributed by atoms with Crippen molar-refractivity contribution in [3.05, 3.63) is 58.6 Å². The van der Waals surface area contributed by atoms with Crippen LogP contribution in [0.5, 0.6) is 0 Å². The first-order valence-electron chi connectivity index (χ1n) is 6.42. The van der Waals surface area contributed by atoms with Gasteiger partial charge >= 0.3 is 0 Å². The van der Waals surface area contributed by atoms with Crippen LogP contribution in [0, 0.1) is 11.3 Å². The summed E-state index contributed by atoms with van der Waals surface area (Å²) in [5, 5.41) is 10.2. The van der Waals surface area contributed by atoms with Crippen molar-refractivity contribution in [2.75, 3.05) is 11.9 Å². The quantitative estimate of drug-likeness (QED) is 0.719. The molecule has 0 amide bonds. The number of anilines is 1. The molecule has 0 radical (unpaired) electrons. The zero-order valence-corrected chi connectivity index (χ0v) is 13.0. The summed E-state index contributed by atoms with van der Waals surface area (Å²) >= 11 is 3.30. The Morgan fingerprint density at radius 2 is 2.10 bits per heavy atom. The van der Waals surface area contributed by atoms with Crippen LogP contribution in [0.2, 0.25) is 0 Å². The normalized spacial score (nSPS) is 10.5. The van der Waals surface area contributed by atoms with Crippen LogP contribution in [-0.2, 0) is 6.54 Å². The van der Waals surface area contributed by atoms with Gasteiger partial charge in [-0.05, 0) is 40.2 Å². The topological polar surface area (TPSA) is 53.1 Å². The highest BCUT2D eigenvalue weighted by atomic mass is 79.9. The molecule has 21 heavy (non-hydrogen) atoms. The van der Waals surface area contributed by atoms with Gasteiger partial charge < -0.3 is 9.32 Å². The molecule has 0 unspecified atom stereocenters. The molecule has 2 heterocycles. The largest absolute Gasteiger partial charge is 0.452 e. The number of aromatic nitrogens is 1. The Balaban J connectivity index is 2.04. The van der Waals surface area contributed by atoms with E-state index in [4.69, 9.17) is 9.68 Å². The molecule has 0 aliphatic rings. The van der Waals surface area contributed by atoms with Crippen molar-refractivity contribution in [2.45, 2.75) is 6.54 Å². The number of hydrogen-bond acceptors (Lipinski definition) is 4. The molecule has 0 atom stereocenters. The van der Waals surface area contributed by atoms with E-state index in [1.165, 1.54) is 0 Å². The van der Waals surface area contributed by atoms with Crippen LogP contribution >= 0.6 is 15.9 Å². The number of hydrogen-bond donors (Lipinski definition) is 0. The molecule has 4 nitrogen and oxygen atoms in total. The Labute approximate surface area is 130 Å². The summed E-state index contributed by atoms with van der Waals surface area (Å²) in [5.41, 5.74) is 2.19. The molecule has 5 heteroatoms. The van der Waals surface area contributed by atoms with Gasteiger partial charge in [-0.2, -0.15) is 5.26 Å². The lowest BCUT2D eigenvalue weighted by molar-refractivity contribution is 0.486. The monoisotopic (exact) mass is 341 g/mol. The second kappa shape index (κ2) is 5.58. The van der Waals surface area contributed by atoms with E-state index in [1.807, 2.05) is 43.4 Å². The molecule has 0 saturated heterocycles. The van der Waals surface area contributed by atoms with E-state index in [0.717, 1.165) is 22.4 Å². The predicted molar refractivity (Wildman–Crippen MR) is 85.0 cm³/mol. The van der Waals surface area contributed by atoms with Gasteiger partial charge in [-0.3, -0.25) is 0 Å². The second-order valence-corrected chi connectivity index (χ2v) is 5.50. The average molecular weight is 342 g/mol. The highest BCUT2D eigenvalue weighted by Crippen LogP contribution is 2.27. The number of furan rings is 1. The van der Waals surface area contributed by atoms with E-state index >= 15 is 0 Å². The van der Waals surface area contributed by atoms with Gasteiger partial charge in [0, 0.05) is 18.1 Å². The summed E-state index contributed by atoms with van der Waals surface area (Å²) < 4.78 is 6.25. The average Bonchev–Trinajstić information content (AvgIpc) is 2.91. The summed E-state index contributed by atoms with van der Waals surface area (Å²) in [4.78, 5) is 6.38. The summed E-state index contributed by atoms with van der Waals surface area (Å²) in [7, 11) is 1.97. The highest BCUT2D eigenvalue weighted by molar-refractivity contribution is 9.10. The maximum atomic E-state index is 9.14. The number of rotatable bonds is 3. The maximum Gasteiger partial charge on any atom is 0.169 e. The fraction of sp³-hybridized carbons (Fsp3) is 0.125. The molecule has 0 aliphatic carbocycles. The molecule has 0 N–H and O–H groups in total. The van der Waals surface area contributed by atoms with Gasteiger partial charge in [-0.25, -0.2) is 4.98 Å². The first kappa shape index (κ1) is 13.7. The first-order chi connectivity index (χ1) is 10.2. The number of para-hydroxylation sites is 1. The third kappa shape index (κ3) is 2.76. The summed E-state index contributed by atoms with van der Waals surface area (Å²) in [5.74, 6) is 0.851. The zero-order chi connectivity index (χ0) is 14.8. The van der Waals surface area contributed by atoms with Crippen molar-refractivity contribution >= 4 is 32.5 Å². The Morgan fingerprint density at radius 3 is 2.81 bits per heavy atom. The van der Waals surface area contributed by atoms with Crippen molar-refractivity contribution in [3.63, 3.8) is 0 Å². The SMILES string of the molecule is CN(Cc1ccc(Br)o1)c1cc(C#N)nc2ccccc12. The third-order valence-corrected chi connectivity index (χ3v) is 3.67. The fourth-order valence-electron chi connectivity index (χ4n) is 2.29. The van der Waals surface area contributed by atoms with Gasteiger partial charge in [-0.1, -0.05) is 18.2 Å². The summed E-state index contributed by atoms with van der Waals surface area (Å²) in [6.45, 7) is 0.616. The van der Waals surface area contributed by atoms with Gasteiger partial charge in [0.15, 0.2) is 4.67 Å². The first-order valence-corrected chi connectivity index (χ1v) is 7.22. The minimum Gasteiger partial charge on any atom is -0.452 e. The second-order valence-electron chi connectivity index (χ2n) is 4.72. The molecule has 1 aromatic carbocycles. The molecule has 0 saturated carbocycles. The van der Waals surface area contributed by atoms with Crippen molar-refractivity contribution < 1.29 is 4.42 Å². The van der Waals surface area contributed by atoms with Crippen molar-refractivity contribution in [2.24, 2.45) is 0 Å². The van der Waals surface area contributed by atoms with E-state index in [1.54, 1.807) is 6.07 Å². The van der Waals surface area contributed by atoms with Crippen LogP contribution in [0.15, 0.2) is 51.6 Å². The molecule has 3 rings (SSSR count). The lowest BCUT2D eigenvalue weighted by Gasteiger charge is -2.20. The van der Waals surface area contributed by atoms with Crippen LogP contribution in [-0.4, -0.2) is 12.0 Å². The minimum atomic E-state index is 0.413. The molecule has 0 bridgehead atoms. The number of benzene rings is 1. The smallest absolute Gasteiger partial charge is 0.169 e. The predicted octanol–water partition coefficient (Wildman–Crippen LogP) is 4.10. The molecule has 104 valence electrons. The Morgan fingerprint density at radius 1 is 1.29 bits per heavy atom. The van der Waals surface area contributed by atoms with Crippen molar-refractivity contribution in [3.8, 4) is 6.07 Å². The molecule has 2 aromatic heterocycles. The molecule has 3 aromatic rings. The van der Waals surface area contributed by atoms with E-state index in [9.17, 15) is 0 Å². The van der Waals surface area contributed by atoms with Crippen LogP contribution in [0.1, 0.15) is 11.5 Å². The van der Waals surface area contributed by atoms with Crippen LogP contribution in [0.25, 0.3) is 10.9 Å². The van der Waals surface area contributed by atoms with E-state index < -0.39 is 0 Å². The third-order valence-electron chi connectivity index (χ3n) is 3.24. The number of pyridine rings is 1. The summed E-state index contributed by atoms with van der Waals surface area (Å²) in [6, 6.07) is 15.5. The zero-order valence-electron chi connectivity index (χ0n) is 11.4. The number of nitriles is 1. The molecule has 0 spiro atoms. The molecular formula is C16H12BrN3O. The minimum absolute atomic E-state index is 0.413. The fourth-order valence-corrected chi connectivity index (χ4v) is 2.63. The van der Waals surface area contributed by atoms with Crippen LogP contribution in [0.4, 0.5) is 5.69 Å². The number of fused-ring (bicyclic) bond motifs is 1. The Hall–Kier alpha value is -2.32. The van der Waals surface area contributed by atoms with Gasteiger partial charge in [0.1, 0.15) is 17.5 Å².